The first kappa shape index (κ1) is 17.2. The molecule has 1 fully saturated rings. The maximum atomic E-state index is 14.0. The van der Waals surface area contributed by atoms with E-state index in [1.54, 1.807) is 18.2 Å². The van der Waals surface area contributed by atoms with Gasteiger partial charge in [-0.1, -0.05) is 12.1 Å². The molecule has 1 aromatic carbocycles. The van der Waals surface area contributed by atoms with E-state index in [1.807, 2.05) is 0 Å². The highest BCUT2D eigenvalue weighted by atomic mass is 79.9. The van der Waals surface area contributed by atoms with Crippen LogP contribution in [0.25, 0.3) is 0 Å². The topological polar surface area (TPSA) is 67.6 Å². The van der Waals surface area contributed by atoms with Gasteiger partial charge in [0.15, 0.2) is 14.5 Å². The van der Waals surface area contributed by atoms with Gasteiger partial charge in [-0.3, -0.25) is 4.79 Å². The Morgan fingerprint density at radius 3 is 2.62 bits per heavy atom. The van der Waals surface area contributed by atoms with E-state index in [1.165, 1.54) is 23.1 Å². The van der Waals surface area contributed by atoms with Crippen molar-refractivity contribution in [2.75, 3.05) is 11.5 Å². The number of nitrogens with zero attached hydrogens (tertiary/aromatic N) is 1. The Hall–Kier alpha value is -1.67. The van der Waals surface area contributed by atoms with Crippen molar-refractivity contribution in [1.82, 2.24) is 4.90 Å². The van der Waals surface area contributed by atoms with Crippen molar-refractivity contribution in [2.24, 2.45) is 0 Å². The molecule has 1 aliphatic heterocycles. The first-order valence-electron chi connectivity index (χ1n) is 7.36. The molecule has 0 aliphatic carbocycles. The quantitative estimate of drug-likeness (QED) is 0.769. The van der Waals surface area contributed by atoms with Crippen LogP contribution in [0, 0.1) is 5.82 Å². The second kappa shape index (κ2) is 6.68. The number of hydrogen-bond acceptors (Lipinski definition) is 4. The van der Waals surface area contributed by atoms with Gasteiger partial charge in [-0.2, -0.15) is 0 Å². The molecule has 1 aliphatic rings. The minimum Gasteiger partial charge on any atom is -0.452 e. The fourth-order valence-corrected chi connectivity index (χ4v) is 4.85. The predicted molar refractivity (Wildman–Crippen MR) is 89.7 cm³/mol. The molecule has 0 radical (unpaired) electrons. The van der Waals surface area contributed by atoms with E-state index in [2.05, 4.69) is 15.9 Å². The lowest BCUT2D eigenvalue weighted by Gasteiger charge is -2.27. The van der Waals surface area contributed by atoms with Crippen molar-refractivity contribution in [3.63, 3.8) is 0 Å². The number of halogens is 2. The molecule has 1 atom stereocenters. The Kier molecular flexibility index (Phi) is 4.78. The van der Waals surface area contributed by atoms with E-state index < -0.39 is 27.6 Å². The highest BCUT2D eigenvalue weighted by molar-refractivity contribution is 9.10. The highest BCUT2D eigenvalue weighted by Crippen LogP contribution is 2.24. The first-order valence-corrected chi connectivity index (χ1v) is 9.97. The van der Waals surface area contributed by atoms with Gasteiger partial charge in [-0.15, -0.1) is 0 Å². The average molecular weight is 416 g/mol. The highest BCUT2D eigenvalue weighted by Gasteiger charge is 2.36. The van der Waals surface area contributed by atoms with Crippen LogP contribution < -0.4 is 0 Å². The summed E-state index contributed by atoms with van der Waals surface area (Å²) in [4.78, 5) is 14.2. The second-order valence-corrected chi connectivity index (χ2v) is 8.69. The minimum absolute atomic E-state index is 0.0283. The number of carbonyl (C=O) groups is 1. The second-order valence-electron chi connectivity index (χ2n) is 5.68. The molecule has 1 saturated heterocycles. The lowest BCUT2D eigenvalue weighted by Crippen LogP contribution is -2.40. The molecule has 0 N–H and O–H groups in total. The number of benzene rings is 1. The summed E-state index contributed by atoms with van der Waals surface area (Å²) in [6.45, 7) is 0.0823. The zero-order valence-electron chi connectivity index (χ0n) is 12.6. The summed E-state index contributed by atoms with van der Waals surface area (Å²) in [7, 11) is -3.18. The zero-order chi connectivity index (χ0) is 17.3. The first-order chi connectivity index (χ1) is 11.4. The Morgan fingerprint density at radius 2 is 2.04 bits per heavy atom. The summed E-state index contributed by atoms with van der Waals surface area (Å²) in [5.41, 5.74) is -0.0765. The minimum atomic E-state index is -3.18. The number of furan rings is 1. The molecule has 2 aromatic rings. The van der Waals surface area contributed by atoms with Gasteiger partial charge in [0.1, 0.15) is 11.6 Å². The Bertz CT molecular complexity index is 864. The monoisotopic (exact) mass is 415 g/mol. The summed E-state index contributed by atoms with van der Waals surface area (Å²) in [6, 6.07) is 8.56. The molecule has 1 aromatic heterocycles. The van der Waals surface area contributed by atoms with E-state index in [0.29, 0.717) is 16.9 Å². The molecule has 1 amide bonds. The number of sulfone groups is 1. The Balaban J connectivity index is 1.92. The summed E-state index contributed by atoms with van der Waals surface area (Å²) >= 11 is 3.19. The number of rotatable bonds is 4. The van der Waals surface area contributed by atoms with Crippen LogP contribution in [0.1, 0.15) is 22.5 Å². The van der Waals surface area contributed by atoms with Crippen LogP contribution in [0.2, 0.25) is 0 Å². The lowest BCUT2D eigenvalue weighted by molar-refractivity contribution is 0.0660. The van der Waals surface area contributed by atoms with Gasteiger partial charge in [0, 0.05) is 6.04 Å². The van der Waals surface area contributed by atoms with E-state index >= 15 is 0 Å². The normalized spacial score (nSPS) is 19.3. The molecule has 128 valence electrons. The Labute approximate surface area is 147 Å². The van der Waals surface area contributed by atoms with Gasteiger partial charge in [0.05, 0.1) is 23.6 Å². The van der Waals surface area contributed by atoms with Crippen molar-refractivity contribution in [3.05, 3.63) is 58.2 Å². The van der Waals surface area contributed by atoms with E-state index in [0.717, 1.165) is 0 Å². The van der Waals surface area contributed by atoms with Gasteiger partial charge in [0.2, 0.25) is 0 Å². The van der Waals surface area contributed by atoms with Crippen LogP contribution in [-0.2, 0) is 16.4 Å². The van der Waals surface area contributed by atoms with Crippen molar-refractivity contribution in [3.8, 4) is 0 Å². The molecule has 0 spiro atoms. The average Bonchev–Trinajstić information content (AvgIpc) is 3.10. The molecule has 3 rings (SSSR count). The van der Waals surface area contributed by atoms with Crippen molar-refractivity contribution >= 4 is 31.7 Å². The van der Waals surface area contributed by atoms with Crippen LogP contribution in [0.15, 0.2) is 45.5 Å². The van der Waals surface area contributed by atoms with Gasteiger partial charge < -0.3 is 9.32 Å². The van der Waals surface area contributed by atoms with Gasteiger partial charge >= 0.3 is 0 Å². The standard InChI is InChI=1S/C16H15BrFNO4S/c17-15-6-5-12(23-15)9-19(11-7-8-24(21,22)10-11)16(20)13-3-1-2-4-14(13)18/h1-6,11H,7-10H2/t11-/m0/s1. The van der Waals surface area contributed by atoms with E-state index in [-0.39, 0.29) is 23.6 Å². The van der Waals surface area contributed by atoms with E-state index in [4.69, 9.17) is 4.42 Å². The molecule has 8 heteroatoms. The molecular formula is C16H15BrFNO4S. The lowest BCUT2D eigenvalue weighted by atomic mass is 10.1. The SMILES string of the molecule is O=C(c1ccccc1F)N(Cc1ccc(Br)o1)[C@H]1CCS(=O)(=O)C1. The molecular weight excluding hydrogens is 401 g/mol. The summed E-state index contributed by atoms with van der Waals surface area (Å²) < 4.78 is 43.5. The van der Waals surface area contributed by atoms with Crippen molar-refractivity contribution in [2.45, 2.75) is 19.0 Å². The van der Waals surface area contributed by atoms with Gasteiger partial charge in [-0.05, 0) is 46.6 Å². The third-order valence-corrected chi connectivity index (χ3v) is 6.15. The smallest absolute Gasteiger partial charge is 0.257 e. The van der Waals surface area contributed by atoms with Crippen molar-refractivity contribution in [1.29, 1.82) is 0 Å². The third-order valence-electron chi connectivity index (χ3n) is 3.97. The van der Waals surface area contributed by atoms with Crippen LogP contribution in [0.4, 0.5) is 4.39 Å². The summed E-state index contributed by atoms with van der Waals surface area (Å²) in [5.74, 6) is -0.761. The van der Waals surface area contributed by atoms with Crippen LogP contribution in [0.3, 0.4) is 0 Å². The molecule has 24 heavy (non-hydrogen) atoms. The third kappa shape index (κ3) is 3.70. The van der Waals surface area contributed by atoms with Gasteiger partial charge in [-0.25, -0.2) is 12.8 Å². The fraction of sp³-hybridized carbons (Fsp3) is 0.312. The summed E-state index contributed by atoms with van der Waals surface area (Å²) in [5, 5.41) is 0. The molecule has 0 bridgehead atoms. The van der Waals surface area contributed by atoms with Gasteiger partial charge in [0.25, 0.3) is 5.91 Å². The molecule has 0 saturated carbocycles. The van der Waals surface area contributed by atoms with E-state index in [9.17, 15) is 17.6 Å². The van der Waals surface area contributed by atoms with Crippen LogP contribution in [0.5, 0.6) is 0 Å². The number of carbonyl (C=O) groups excluding carboxylic acids is 1. The van der Waals surface area contributed by atoms with Crippen molar-refractivity contribution < 1.29 is 22.0 Å². The maximum absolute atomic E-state index is 14.0. The summed E-state index contributed by atoms with van der Waals surface area (Å²) in [6.07, 6.45) is 0.338. The predicted octanol–water partition coefficient (Wildman–Crippen LogP) is 3.01. The largest absolute Gasteiger partial charge is 0.452 e. The number of hydrogen-bond donors (Lipinski definition) is 0. The molecule has 0 unspecified atom stereocenters. The molecule has 2 heterocycles. The fourth-order valence-electron chi connectivity index (χ4n) is 2.78. The van der Waals surface area contributed by atoms with Crippen LogP contribution >= 0.6 is 15.9 Å². The number of amides is 1. The zero-order valence-corrected chi connectivity index (χ0v) is 15.0. The Morgan fingerprint density at radius 1 is 1.29 bits per heavy atom. The van der Waals surface area contributed by atoms with Crippen LogP contribution in [-0.4, -0.2) is 36.8 Å². The maximum Gasteiger partial charge on any atom is 0.257 e. The molecule has 5 nitrogen and oxygen atoms in total.